The molecule has 10 bridgehead atoms. The van der Waals surface area contributed by atoms with Gasteiger partial charge in [0.1, 0.15) is 11.6 Å². The van der Waals surface area contributed by atoms with Crippen LogP contribution in [0.2, 0.25) is 0 Å². The highest BCUT2D eigenvalue weighted by Gasteiger charge is 2.26. The molecular formula is C33H22N4O6. The summed E-state index contributed by atoms with van der Waals surface area (Å²) in [7, 11) is 1.57. The number of primary amides is 1. The number of benzene rings is 6. The standard InChI is InChI=1S/C33H22N4O6/c1-43-15-4-2-14(3-5-15)13-36-29(34)22-12-23(33(41)42)25-18-8-9-19(30(35)38)26-20-10-6-16(24(18)26)17-7-11-21(27(22)28(17)25)32(40)37-31(20)39/h2-12H,13H2,1H3,(H2,34,36)(H2,35,38)(H,41,42)(H,37,39,40). The van der Waals surface area contributed by atoms with E-state index < -0.39 is 23.0 Å². The number of aliphatic imine (C=N–C) groups is 1. The molecule has 10 nitrogen and oxygen atoms in total. The molecule has 43 heavy (non-hydrogen) atoms. The number of fused-ring (bicyclic) bond motifs is 1. The zero-order valence-corrected chi connectivity index (χ0v) is 22.6. The van der Waals surface area contributed by atoms with Crippen molar-refractivity contribution in [3.63, 3.8) is 0 Å². The fourth-order valence-electron chi connectivity index (χ4n) is 6.18. The summed E-state index contributed by atoms with van der Waals surface area (Å²) >= 11 is 0. The molecule has 0 saturated carbocycles. The van der Waals surface area contributed by atoms with Crippen molar-refractivity contribution in [1.29, 1.82) is 0 Å². The van der Waals surface area contributed by atoms with E-state index in [9.17, 15) is 24.3 Å². The second-order valence-electron chi connectivity index (χ2n) is 10.3. The number of aromatic nitrogens is 1. The molecule has 9 aromatic rings. The van der Waals surface area contributed by atoms with Crippen molar-refractivity contribution in [2.45, 2.75) is 6.54 Å². The van der Waals surface area contributed by atoms with Crippen LogP contribution < -0.4 is 27.3 Å². The summed E-state index contributed by atoms with van der Waals surface area (Å²) in [5, 5.41) is 14.4. The topological polar surface area (TPSA) is 178 Å². The Hall–Kier alpha value is -6.03. The van der Waals surface area contributed by atoms with Crippen molar-refractivity contribution in [1.82, 2.24) is 4.98 Å². The highest BCUT2D eigenvalue weighted by molar-refractivity contribution is 6.41. The number of hydrogen-bond donors (Lipinski definition) is 4. The van der Waals surface area contributed by atoms with Gasteiger partial charge in [-0.15, -0.1) is 0 Å². The Morgan fingerprint density at radius 3 is 1.88 bits per heavy atom. The van der Waals surface area contributed by atoms with Gasteiger partial charge < -0.3 is 21.3 Å². The monoisotopic (exact) mass is 570 g/mol. The van der Waals surface area contributed by atoms with Crippen LogP contribution in [0.4, 0.5) is 0 Å². The van der Waals surface area contributed by atoms with Gasteiger partial charge in [0.15, 0.2) is 0 Å². The minimum Gasteiger partial charge on any atom is -0.497 e. The molecule has 6 aromatic carbocycles. The third kappa shape index (κ3) is 3.70. The Labute approximate surface area is 241 Å². The van der Waals surface area contributed by atoms with Crippen molar-refractivity contribution >= 4 is 71.6 Å². The molecule has 0 fully saturated rings. The van der Waals surface area contributed by atoms with Crippen LogP contribution in [0.3, 0.4) is 0 Å². The summed E-state index contributed by atoms with van der Waals surface area (Å²) in [6.45, 7) is 0.182. The van der Waals surface area contributed by atoms with Crippen LogP contribution in [0, 0.1) is 0 Å². The zero-order chi connectivity index (χ0) is 30.2. The van der Waals surface area contributed by atoms with Crippen LogP contribution >= 0.6 is 0 Å². The van der Waals surface area contributed by atoms with Crippen LogP contribution in [0.5, 0.6) is 5.75 Å². The predicted octanol–water partition coefficient (Wildman–Crippen LogP) is 4.09. The molecule has 0 aliphatic rings. The second kappa shape index (κ2) is 9.25. The van der Waals surface area contributed by atoms with Gasteiger partial charge in [-0.05, 0) is 68.9 Å². The van der Waals surface area contributed by atoms with Crippen LogP contribution in [-0.2, 0) is 6.54 Å². The van der Waals surface area contributed by atoms with Crippen LogP contribution in [0.1, 0.15) is 31.8 Å². The lowest BCUT2D eigenvalue weighted by Gasteiger charge is -2.19. The summed E-state index contributed by atoms with van der Waals surface area (Å²) < 4.78 is 5.21. The molecule has 9 rings (SSSR count). The van der Waals surface area contributed by atoms with E-state index in [4.69, 9.17) is 16.2 Å². The maximum Gasteiger partial charge on any atom is 0.336 e. The molecular weight excluding hydrogens is 548 g/mol. The van der Waals surface area contributed by atoms with E-state index in [0.717, 1.165) is 5.56 Å². The second-order valence-corrected chi connectivity index (χ2v) is 10.3. The SMILES string of the molecule is COc1ccc(CN=C(N)c2cc(C(=O)O)c3c4ccc(C(N)=O)c5c6ccc(c7ccc(c(=O)[nH]c6=O)c2c73)c45)cc1. The number of ether oxygens (including phenoxy) is 1. The summed E-state index contributed by atoms with van der Waals surface area (Å²) in [4.78, 5) is 59.5. The first kappa shape index (κ1) is 25.9. The number of methoxy groups -OCH3 is 1. The van der Waals surface area contributed by atoms with Gasteiger partial charge in [0.2, 0.25) is 5.91 Å². The highest BCUT2D eigenvalue weighted by atomic mass is 16.5. The molecule has 0 atom stereocenters. The van der Waals surface area contributed by atoms with E-state index in [1.165, 1.54) is 18.2 Å². The van der Waals surface area contributed by atoms with Crippen molar-refractivity contribution in [3.8, 4) is 5.75 Å². The van der Waals surface area contributed by atoms with Gasteiger partial charge in [0.05, 0.1) is 19.2 Å². The van der Waals surface area contributed by atoms with Crippen molar-refractivity contribution in [2.75, 3.05) is 7.11 Å². The van der Waals surface area contributed by atoms with Gasteiger partial charge in [0, 0.05) is 38.1 Å². The maximum absolute atomic E-state index is 13.7. The lowest BCUT2D eigenvalue weighted by molar-refractivity contribution is 0.0699. The van der Waals surface area contributed by atoms with Gasteiger partial charge >= 0.3 is 5.97 Å². The number of carboxylic acids is 1. The predicted molar refractivity (Wildman–Crippen MR) is 166 cm³/mol. The van der Waals surface area contributed by atoms with Crippen LogP contribution in [0.15, 0.2) is 81.3 Å². The molecule has 0 spiro atoms. The van der Waals surface area contributed by atoms with E-state index in [0.29, 0.717) is 43.5 Å². The van der Waals surface area contributed by atoms with E-state index >= 15 is 0 Å². The number of H-pyrrole nitrogens is 1. The van der Waals surface area contributed by atoms with Crippen molar-refractivity contribution in [3.05, 3.63) is 110 Å². The maximum atomic E-state index is 13.7. The lowest BCUT2D eigenvalue weighted by atomic mass is 9.83. The number of carbonyl (C=O) groups is 2. The van der Waals surface area contributed by atoms with Gasteiger partial charge in [-0.2, -0.15) is 0 Å². The number of aromatic carboxylic acids is 1. The summed E-state index contributed by atoms with van der Waals surface area (Å²) in [6, 6.07) is 18.3. The average Bonchev–Trinajstić information content (AvgIpc) is 3.05. The smallest absolute Gasteiger partial charge is 0.336 e. The molecule has 1 amide bonds. The third-order valence-corrected chi connectivity index (χ3v) is 8.08. The molecule has 3 heterocycles. The van der Waals surface area contributed by atoms with Gasteiger partial charge in [-0.25, -0.2) is 4.79 Å². The van der Waals surface area contributed by atoms with Crippen LogP contribution in [-0.4, -0.2) is 34.9 Å². The minimum atomic E-state index is -1.22. The number of nitrogens with zero attached hydrogens (tertiary/aromatic N) is 1. The Morgan fingerprint density at radius 2 is 1.28 bits per heavy atom. The highest BCUT2D eigenvalue weighted by Crippen LogP contribution is 2.45. The fraction of sp³-hybridized carbons (Fsp3) is 0.0606. The normalized spacial score (nSPS) is 12.3. The largest absolute Gasteiger partial charge is 0.497 e. The number of amidine groups is 1. The summed E-state index contributed by atoms with van der Waals surface area (Å²) in [5.41, 5.74) is 11.9. The Bertz CT molecular complexity index is 2460. The lowest BCUT2D eigenvalue weighted by Crippen LogP contribution is -2.18. The number of aromatic amines is 1. The number of hydrogen-bond acceptors (Lipinski definition) is 6. The average molecular weight is 571 g/mol. The molecule has 10 heteroatoms. The van der Waals surface area contributed by atoms with Gasteiger partial charge in [-0.3, -0.25) is 24.4 Å². The van der Waals surface area contributed by atoms with Crippen molar-refractivity contribution in [2.24, 2.45) is 16.5 Å². The molecule has 0 saturated heterocycles. The zero-order valence-electron chi connectivity index (χ0n) is 22.6. The molecule has 3 aromatic heterocycles. The van der Waals surface area contributed by atoms with Crippen molar-refractivity contribution < 1.29 is 19.4 Å². The number of rotatable bonds is 6. The molecule has 0 aliphatic heterocycles. The molecule has 0 radical (unpaired) electrons. The number of carboxylic acid groups (broad SMARTS) is 1. The molecule has 0 aliphatic carbocycles. The molecule has 6 N–H and O–H groups in total. The number of amides is 1. The summed E-state index contributed by atoms with van der Waals surface area (Å²) in [6.07, 6.45) is 0. The number of nitrogens with one attached hydrogen (secondary N) is 1. The van der Waals surface area contributed by atoms with Crippen LogP contribution in [0.25, 0.3) is 53.9 Å². The first-order valence-electron chi connectivity index (χ1n) is 13.3. The number of nitrogens with two attached hydrogens (primary N) is 2. The van der Waals surface area contributed by atoms with Gasteiger partial charge in [-0.1, -0.05) is 30.3 Å². The fourth-order valence-corrected chi connectivity index (χ4v) is 6.18. The minimum absolute atomic E-state index is 0.0204. The Morgan fingerprint density at radius 1 is 0.721 bits per heavy atom. The first-order chi connectivity index (χ1) is 20.7. The Balaban J connectivity index is 1.71. The van der Waals surface area contributed by atoms with E-state index in [2.05, 4.69) is 9.98 Å². The first-order valence-corrected chi connectivity index (χ1v) is 13.3. The quantitative estimate of drug-likeness (QED) is 0.101. The van der Waals surface area contributed by atoms with Gasteiger partial charge in [0.25, 0.3) is 11.1 Å². The molecule has 210 valence electrons. The van der Waals surface area contributed by atoms with E-state index in [1.54, 1.807) is 43.5 Å². The van der Waals surface area contributed by atoms with E-state index in [1.807, 2.05) is 12.1 Å². The third-order valence-electron chi connectivity index (χ3n) is 8.08. The molecule has 0 unspecified atom stereocenters. The Kier molecular flexibility index (Phi) is 5.57. The number of carbonyl (C=O) groups excluding carboxylic acids is 1. The van der Waals surface area contributed by atoms with E-state index in [-0.39, 0.29) is 45.2 Å². The summed E-state index contributed by atoms with van der Waals surface area (Å²) in [5.74, 6) is -1.28.